The fourth-order valence-electron chi connectivity index (χ4n) is 2.33. The molecule has 0 spiro atoms. The second-order valence-electron chi connectivity index (χ2n) is 5.31. The zero-order chi connectivity index (χ0) is 13.7. The molecule has 1 aromatic rings. The molecule has 2 rings (SSSR count). The third-order valence-electron chi connectivity index (χ3n) is 3.82. The van der Waals surface area contributed by atoms with Crippen LogP contribution in [0.5, 0.6) is 0 Å². The van der Waals surface area contributed by atoms with Gasteiger partial charge in [-0.05, 0) is 24.8 Å². The van der Waals surface area contributed by atoms with Crippen molar-refractivity contribution < 1.29 is 9.90 Å². The first kappa shape index (κ1) is 13.8. The van der Waals surface area contributed by atoms with E-state index in [-0.39, 0.29) is 11.8 Å². The van der Waals surface area contributed by atoms with Gasteiger partial charge in [-0.3, -0.25) is 4.79 Å². The van der Waals surface area contributed by atoms with E-state index in [4.69, 9.17) is 0 Å². The molecular weight excluding hydrogens is 238 g/mol. The van der Waals surface area contributed by atoms with Crippen molar-refractivity contribution in [3.63, 3.8) is 0 Å². The van der Waals surface area contributed by atoms with Gasteiger partial charge in [-0.2, -0.15) is 0 Å². The first-order valence-electron chi connectivity index (χ1n) is 6.79. The van der Waals surface area contributed by atoms with Gasteiger partial charge in [0, 0.05) is 18.9 Å². The summed E-state index contributed by atoms with van der Waals surface area (Å²) in [5.41, 5.74) is 0.432. The topological polar surface area (TPSA) is 49.3 Å². The Balaban J connectivity index is 1.84. The van der Waals surface area contributed by atoms with Gasteiger partial charge < -0.3 is 10.4 Å². The van der Waals surface area contributed by atoms with E-state index in [1.165, 1.54) is 0 Å². The van der Waals surface area contributed by atoms with E-state index in [1.807, 2.05) is 30.3 Å². The zero-order valence-corrected chi connectivity index (χ0v) is 11.1. The first-order valence-corrected chi connectivity index (χ1v) is 6.79. The second kappa shape index (κ2) is 6.02. The fourth-order valence-corrected chi connectivity index (χ4v) is 2.33. The third-order valence-corrected chi connectivity index (χ3v) is 3.82. The molecule has 0 saturated heterocycles. The van der Waals surface area contributed by atoms with Gasteiger partial charge in [-0.15, -0.1) is 6.58 Å². The average Bonchev–Trinajstić information content (AvgIpc) is 2.41. The number of amides is 1. The number of nitrogens with one attached hydrogen (secondary N) is 1. The Morgan fingerprint density at radius 1 is 1.42 bits per heavy atom. The van der Waals surface area contributed by atoms with Gasteiger partial charge in [-0.1, -0.05) is 36.4 Å². The van der Waals surface area contributed by atoms with Crippen LogP contribution in [-0.2, 0) is 4.79 Å². The lowest BCUT2D eigenvalue weighted by atomic mass is 9.80. The molecule has 3 heteroatoms. The standard InChI is InChI=1S/C16H21NO2/c1-2-13(14-7-4-3-5-8-14)11-15(18)17-12-16(19)9-6-10-16/h2-5,7-8,13,19H,1,6,9-12H2,(H,17,18). The van der Waals surface area contributed by atoms with Crippen molar-refractivity contribution in [3.05, 3.63) is 48.6 Å². The van der Waals surface area contributed by atoms with Crippen LogP contribution in [0.1, 0.15) is 37.2 Å². The highest BCUT2D eigenvalue weighted by Crippen LogP contribution is 2.30. The molecule has 0 aromatic heterocycles. The predicted octanol–water partition coefficient (Wildman–Crippen LogP) is 2.38. The predicted molar refractivity (Wildman–Crippen MR) is 75.8 cm³/mol. The molecule has 0 heterocycles. The highest BCUT2D eigenvalue weighted by atomic mass is 16.3. The highest BCUT2D eigenvalue weighted by Gasteiger charge is 2.34. The van der Waals surface area contributed by atoms with Crippen molar-refractivity contribution >= 4 is 5.91 Å². The van der Waals surface area contributed by atoms with Gasteiger partial charge in [0.2, 0.25) is 5.91 Å². The molecule has 19 heavy (non-hydrogen) atoms. The lowest BCUT2D eigenvalue weighted by Gasteiger charge is -2.36. The summed E-state index contributed by atoms with van der Waals surface area (Å²) in [5.74, 6) is -0.00804. The molecule has 1 saturated carbocycles. The molecule has 1 amide bonds. The lowest BCUT2D eigenvalue weighted by Crippen LogP contribution is -2.47. The Morgan fingerprint density at radius 2 is 2.11 bits per heavy atom. The van der Waals surface area contributed by atoms with E-state index in [2.05, 4.69) is 11.9 Å². The fraction of sp³-hybridized carbons (Fsp3) is 0.438. The van der Waals surface area contributed by atoms with E-state index >= 15 is 0 Å². The number of carbonyl (C=O) groups is 1. The van der Waals surface area contributed by atoms with Gasteiger partial charge in [0.15, 0.2) is 0 Å². The second-order valence-corrected chi connectivity index (χ2v) is 5.31. The number of hydrogen-bond acceptors (Lipinski definition) is 2. The Bertz CT molecular complexity index is 437. The summed E-state index contributed by atoms with van der Waals surface area (Å²) in [6, 6.07) is 9.87. The summed E-state index contributed by atoms with van der Waals surface area (Å²) in [4.78, 5) is 11.9. The Hall–Kier alpha value is -1.61. The maximum absolute atomic E-state index is 11.9. The number of rotatable bonds is 6. The molecule has 1 fully saturated rings. The normalized spacial score (nSPS) is 18.2. The molecular formula is C16H21NO2. The van der Waals surface area contributed by atoms with Crippen molar-refractivity contribution in [2.24, 2.45) is 0 Å². The van der Waals surface area contributed by atoms with Crippen molar-refractivity contribution in [1.29, 1.82) is 0 Å². The Labute approximate surface area is 114 Å². The van der Waals surface area contributed by atoms with E-state index in [0.717, 1.165) is 24.8 Å². The maximum Gasteiger partial charge on any atom is 0.221 e. The van der Waals surface area contributed by atoms with E-state index in [0.29, 0.717) is 13.0 Å². The monoisotopic (exact) mass is 259 g/mol. The van der Waals surface area contributed by atoms with Crippen molar-refractivity contribution in [2.75, 3.05) is 6.54 Å². The molecule has 1 aliphatic carbocycles. The minimum atomic E-state index is -0.661. The van der Waals surface area contributed by atoms with E-state index < -0.39 is 5.60 Å². The van der Waals surface area contributed by atoms with Crippen molar-refractivity contribution in [1.82, 2.24) is 5.32 Å². The van der Waals surface area contributed by atoms with Crippen LogP contribution in [0.15, 0.2) is 43.0 Å². The van der Waals surface area contributed by atoms with Gasteiger partial charge in [0.05, 0.1) is 5.60 Å². The molecule has 1 unspecified atom stereocenters. The van der Waals surface area contributed by atoms with Crippen LogP contribution in [0.4, 0.5) is 0 Å². The van der Waals surface area contributed by atoms with Gasteiger partial charge in [-0.25, -0.2) is 0 Å². The number of carbonyl (C=O) groups excluding carboxylic acids is 1. The first-order chi connectivity index (χ1) is 9.13. The van der Waals surface area contributed by atoms with Crippen LogP contribution in [0.2, 0.25) is 0 Å². The Morgan fingerprint density at radius 3 is 2.63 bits per heavy atom. The van der Waals surface area contributed by atoms with Crippen LogP contribution >= 0.6 is 0 Å². The number of allylic oxidation sites excluding steroid dienone is 1. The van der Waals surface area contributed by atoms with Crippen LogP contribution in [-0.4, -0.2) is 23.2 Å². The van der Waals surface area contributed by atoms with Crippen molar-refractivity contribution in [3.8, 4) is 0 Å². The van der Waals surface area contributed by atoms with E-state index in [9.17, 15) is 9.90 Å². The van der Waals surface area contributed by atoms with Gasteiger partial charge in [0.25, 0.3) is 0 Å². The van der Waals surface area contributed by atoms with Crippen LogP contribution in [0.3, 0.4) is 0 Å². The minimum Gasteiger partial charge on any atom is -0.388 e. The zero-order valence-electron chi connectivity index (χ0n) is 11.1. The third kappa shape index (κ3) is 3.67. The number of hydrogen-bond donors (Lipinski definition) is 2. The SMILES string of the molecule is C=CC(CC(=O)NCC1(O)CCC1)c1ccccc1. The quantitative estimate of drug-likeness (QED) is 0.771. The molecule has 0 radical (unpaired) electrons. The summed E-state index contributed by atoms with van der Waals surface area (Å²) in [7, 11) is 0. The summed E-state index contributed by atoms with van der Waals surface area (Å²) in [6.45, 7) is 4.16. The van der Waals surface area contributed by atoms with Crippen LogP contribution in [0.25, 0.3) is 0 Å². The molecule has 1 atom stereocenters. The van der Waals surface area contributed by atoms with Gasteiger partial charge >= 0.3 is 0 Å². The molecule has 0 aliphatic heterocycles. The lowest BCUT2D eigenvalue weighted by molar-refractivity contribution is -0.123. The molecule has 1 aromatic carbocycles. The van der Waals surface area contributed by atoms with E-state index in [1.54, 1.807) is 6.08 Å². The maximum atomic E-state index is 11.9. The molecule has 1 aliphatic rings. The largest absolute Gasteiger partial charge is 0.388 e. The minimum absolute atomic E-state index is 0.0252. The molecule has 102 valence electrons. The summed E-state index contributed by atoms with van der Waals surface area (Å²) in [5, 5.41) is 12.8. The smallest absolute Gasteiger partial charge is 0.221 e. The number of benzene rings is 1. The summed E-state index contributed by atoms with van der Waals surface area (Å²) >= 11 is 0. The average molecular weight is 259 g/mol. The number of aliphatic hydroxyl groups is 1. The summed E-state index contributed by atoms with van der Waals surface area (Å²) in [6.07, 6.45) is 4.80. The Kier molecular flexibility index (Phi) is 4.38. The summed E-state index contributed by atoms with van der Waals surface area (Å²) < 4.78 is 0. The molecule has 2 N–H and O–H groups in total. The molecule has 3 nitrogen and oxygen atoms in total. The van der Waals surface area contributed by atoms with Gasteiger partial charge in [0.1, 0.15) is 0 Å². The molecule has 0 bridgehead atoms. The van der Waals surface area contributed by atoms with Crippen molar-refractivity contribution in [2.45, 2.75) is 37.2 Å². The highest BCUT2D eigenvalue weighted by molar-refractivity contribution is 5.77. The van der Waals surface area contributed by atoms with Crippen LogP contribution in [0, 0.1) is 0 Å². The van der Waals surface area contributed by atoms with Crippen LogP contribution < -0.4 is 5.32 Å².